The molecule has 2 aliphatic rings. The number of para-hydroxylation sites is 2. The molecule has 0 spiro atoms. The number of aromatic amines is 1. The van der Waals surface area contributed by atoms with Gasteiger partial charge in [-0.3, -0.25) is 9.59 Å². The fourth-order valence-electron chi connectivity index (χ4n) is 4.46. The first-order chi connectivity index (χ1) is 14.1. The summed E-state index contributed by atoms with van der Waals surface area (Å²) >= 11 is 0. The topological polar surface area (TPSA) is 62.4 Å². The molecule has 2 aromatic carbocycles. The number of fused-ring (bicyclic) bond motifs is 2. The summed E-state index contributed by atoms with van der Waals surface area (Å²) in [5.41, 5.74) is 1.37. The Morgan fingerprint density at radius 1 is 1.17 bits per heavy atom. The third kappa shape index (κ3) is 3.18. The highest BCUT2D eigenvalue weighted by atomic mass is 19.1. The van der Waals surface area contributed by atoms with E-state index in [2.05, 4.69) is 4.98 Å². The molecule has 2 atom stereocenters. The zero-order valence-corrected chi connectivity index (χ0v) is 15.9. The number of H-pyrrole nitrogens is 1. The summed E-state index contributed by atoms with van der Waals surface area (Å²) in [6, 6.07) is 13.8. The Kier molecular flexibility index (Phi) is 4.34. The van der Waals surface area contributed by atoms with Gasteiger partial charge in [-0.1, -0.05) is 24.3 Å². The van der Waals surface area contributed by atoms with Crippen LogP contribution in [-0.2, 0) is 0 Å². The van der Waals surface area contributed by atoms with Crippen LogP contribution in [0.2, 0.25) is 0 Å². The van der Waals surface area contributed by atoms with E-state index in [4.69, 9.17) is 4.74 Å². The normalized spacial score (nSPS) is 21.7. The van der Waals surface area contributed by atoms with E-state index in [1.54, 1.807) is 29.2 Å². The van der Waals surface area contributed by atoms with Gasteiger partial charge in [0.2, 0.25) is 0 Å². The smallest absolute Gasteiger partial charge is 0.270 e. The number of hydrogen-bond donors (Lipinski definition) is 1. The lowest BCUT2D eigenvalue weighted by atomic mass is 9.87. The maximum atomic E-state index is 14.0. The average molecular weight is 392 g/mol. The molecule has 1 fully saturated rings. The number of amides is 1. The maximum Gasteiger partial charge on any atom is 0.270 e. The quantitative estimate of drug-likeness (QED) is 0.711. The zero-order valence-electron chi connectivity index (χ0n) is 15.9. The minimum atomic E-state index is -0.370. The van der Waals surface area contributed by atoms with Gasteiger partial charge in [-0.25, -0.2) is 4.39 Å². The molecule has 1 saturated heterocycles. The van der Waals surface area contributed by atoms with Crippen LogP contribution in [-0.4, -0.2) is 40.8 Å². The van der Waals surface area contributed by atoms with E-state index in [0.717, 1.165) is 12.8 Å². The SMILES string of the molecule is O=C1CC(C2CCCN(C(=O)c3cc4cccc(F)c4[nH]3)C2)Oc2ccccc21. The van der Waals surface area contributed by atoms with Gasteiger partial charge in [0.15, 0.2) is 5.78 Å². The van der Waals surface area contributed by atoms with Gasteiger partial charge in [0.25, 0.3) is 5.91 Å². The second-order valence-corrected chi connectivity index (χ2v) is 7.82. The van der Waals surface area contributed by atoms with Gasteiger partial charge in [0, 0.05) is 30.8 Å². The number of ketones is 1. The van der Waals surface area contributed by atoms with Crippen molar-refractivity contribution in [1.82, 2.24) is 9.88 Å². The van der Waals surface area contributed by atoms with Crippen LogP contribution in [0.3, 0.4) is 0 Å². The Bertz CT molecular complexity index is 1110. The highest BCUT2D eigenvalue weighted by Crippen LogP contribution is 2.33. The lowest BCUT2D eigenvalue weighted by Gasteiger charge is -2.38. The number of carbonyl (C=O) groups is 2. The van der Waals surface area contributed by atoms with E-state index in [9.17, 15) is 14.0 Å². The lowest BCUT2D eigenvalue weighted by Crippen LogP contribution is -2.46. The van der Waals surface area contributed by atoms with Gasteiger partial charge in [0.05, 0.1) is 11.1 Å². The standard InChI is InChI=1S/C23H21FN2O3/c24-17-8-3-5-14-11-18(25-22(14)17)23(28)26-10-4-6-15(13-26)21-12-19(27)16-7-1-2-9-20(16)29-21/h1-3,5,7-9,11,15,21,25H,4,6,10,12-13H2. The molecule has 1 aromatic heterocycles. The first kappa shape index (κ1) is 17.9. The number of halogens is 1. The highest BCUT2D eigenvalue weighted by molar-refractivity contribution is 6.00. The van der Waals surface area contributed by atoms with Crippen LogP contribution in [0.15, 0.2) is 48.5 Å². The molecule has 1 amide bonds. The third-order valence-electron chi connectivity index (χ3n) is 5.96. The predicted molar refractivity (Wildman–Crippen MR) is 107 cm³/mol. The summed E-state index contributed by atoms with van der Waals surface area (Å²) in [4.78, 5) is 30.2. The maximum absolute atomic E-state index is 14.0. The van der Waals surface area contributed by atoms with Gasteiger partial charge in [-0.15, -0.1) is 0 Å². The first-order valence-electron chi connectivity index (χ1n) is 9.95. The largest absolute Gasteiger partial charge is 0.489 e. The number of ether oxygens (including phenoxy) is 1. The van der Waals surface area contributed by atoms with E-state index in [1.807, 2.05) is 18.2 Å². The Morgan fingerprint density at radius 2 is 2.03 bits per heavy atom. The van der Waals surface area contributed by atoms with E-state index in [1.165, 1.54) is 6.07 Å². The molecule has 6 heteroatoms. The van der Waals surface area contributed by atoms with Crippen molar-refractivity contribution in [2.75, 3.05) is 13.1 Å². The average Bonchev–Trinajstić information content (AvgIpc) is 3.19. The van der Waals surface area contributed by atoms with Gasteiger partial charge < -0.3 is 14.6 Å². The van der Waals surface area contributed by atoms with Crippen molar-refractivity contribution in [2.24, 2.45) is 5.92 Å². The minimum Gasteiger partial charge on any atom is -0.489 e. The summed E-state index contributed by atoms with van der Waals surface area (Å²) < 4.78 is 20.1. The van der Waals surface area contributed by atoms with E-state index < -0.39 is 0 Å². The van der Waals surface area contributed by atoms with Gasteiger partial charge in [-0.05, 0) is 37.1 Å². The number of rotatable bonds is 2. The van der Waals surface area contributed by atoms with Crippen molar-refractivity contribution in [3.8, 4) is 5.75 Å². The van der Waals surface area contributed by atoms with Crippen LogP contribution >= 0.6 is 0 Å². The van der Waals surface area contributed by atoms with Gasteiger partial charge in [-0.2, -0.15) is 0 Å². The number of aromatic nitrogens is 1. The number of likely N-dealkylation sites (tertiary alicyclic amines) is 1. The molecule has 5 nitrogen and oxygen atoms in total. The molecule has 148 valence electrons. The molecule has 5 rings (SSSR count). The van der Waals surface area contributed by atoms with E-state index in [-0.39, 0.29) is 29.5 Å². The second-order valence-electron chi connectivity index (χ2n) is 7.82. The van der Waals surface area contributed by atoms with Crippen LogP contribution in [0.25, 0.3) is 10.9 Å². The molecule has 2 aliphatic heterocycles. The number of hydrogen-bond acceptors (Lipinski definition) is 3. The minimum absolute atomic E-state index is 0.0890. The van der Waals surface area contributed by atoms with Crippen molar-refractivity contribution in [3.63, 3.8) is 0 Å². The van der Waals surface area contributed by atoms with Crippen molar-refractivity contribution in [2.45, 2.75) is 25.4 Å². The summed E-state index contributed by atoms with van der Waals surface area (Å²) in [6.07, 6.45) is 1.86. The summed E-state index contributed by atoms with van der Waals surface area (Å²) in [6.45, 7) is 1.17. The molecule has 0 aliphatic carbocycles. The van der Waals surface area contributed by atoms with Crippen LogP contribution in [0.5, 0.6) is 5.75 Å². The molecule has 3 aromatic rings. The van der Waals surface area contributed by atoms with Crippen LogP contribution in [0.1, 0.15) is 40.1 Å². The van der Waals surface area contributed by atoms with Gasteiger partial charge >= 0.3 is 0 Å². The number of nitrogens with one attached hydrogen (secondary N) is 1. The highest BCUT2D eigenvalue weighted by Gasteiger charge is 2.36. The van der Waals surface area contributed by atoms with Crippen molar-refractivity contribution in [3.05, 3.63) is 65.6 Å². The predicted octanol–water partition coefficient (Wildman–Crippen LogP) is 4.19. The fourth-order valence-corrected chi connectivity index (χ4v) is 4.46. The number of benzene rings is 2. The Morgan fingerprint density at radius 3 is 2.90 bits per heavy atom. The molecule has 2 unspecified atom stereocenters. The zero-order chi connectivity index (χ0) is 20.0. The summed E-state index contributed by atoms with van der Waals surface area (Å²) in [5, 5.41) is 0.680. The molecule has 29 heavy (non-hydrogen) atoms. The lowest BCUT2D eigenvalue weighted by molar-refractivity contribution is 0.0406. The molecule has 0 radical (unpaired) electrons. The summed E-state index contributed by atoms with van der Waals surface area (Å²) in [7, 11) is 0. The summed E-state index contributed by atoms with van der Waals surface area (Å²) in [5.74, 6) is 0.291. The Balaban J connectivity index is 1.34. The van der Waals surface area contributed by atoms with E-state index >= 15 is 0 Å². The van der Waals surface area contributed by atoms with Gasteiger partial charge in [0.1, 0.15) is 23.4 Å². The molecule has 0 saturated carbocycles. The fraction of sp³-hybridized carbons (Fsp3) is 0.304. The number of Topliss-reactive ketones (excluding diaryl/α,β-unsaturated/α-hetero) is 1. The van der Waals surface area contributed by atoms with Crippen molar-refractivity contribution < 1.29 is 18.7 Å². The Hall–Kier alpha value is -3.15. The molecular formula is C23H21FN2O3. The molecule has 1 N–H and O–H groups in total. The second kappa shape index (κ2) is 7.03. The molecule has 0 bridgehead atoms. The number of carbonyl (C=O) groups excluding carboxylic acids is 2. The third-order valence-corrected chi connectivity index (χ3v) is 5.96. The monoisotopic (exact) mass is 392 g/mol. The van der Waals surface area contributed by atoms with Crippen molar-refractivity contribution >= 4 is 22.6 Å². The van der Waals surface area contributed by atoms with E-state index in [0.29, 0.717) is 47.4 Å². The van der Waals surface area contributed by atoms with Crippen LogP contribution in [0, 0.1) is 11.7 Å². The van der Waals surface area contributed by atoms with Crippen LogP contribution < -0.4 is 4.74 Å². The van der Waals surface area contributed by atoms with Crippen LogP contribution in [0.4, 0.5) is 4.39 Å². The van der Waals surface area contributed by atoms with Crippen molar-refractivity contribution in [1.29, 1.82) is 0 Å². The number of piperidine rings is 1. The number of nitrogens with zero attached hydrogens (tertiary/aromatic N) is 1. The molecule has 3 heterocycles. The Labute approximate surface area is 167 Å². The first-order valence-corrected chi connectivity index (χ1v) is 9.95. The molecular weight excluding hydrogens is 371 g/mol.